The van der Waals surface area contributed by atoms with Crippen LogP contribution in [0.3, 0.4) is 0 Å². The molecule has 2 N–H and O–H groups in total. The van der Waals surface area contributed by atoms with Gasteiger partial charge in [0.05, 0.1) is 12.2 Å². The van der Waals surface area contributed by atoms with Crippen LogP contribution in [-0.2, 0) is 6.54 Å². The molecule has 0 atom stereocenters. The van der Waals surface area contributed by atoms with Crippen LogP contribution >= 0.6 is 22.7 Å². The summed E-state index contributed by atoms with van der Waals surface area (Å²) in [6.07, 6.45) is 0. The largest absolute Gasteiger partial charge is 0.476 e. The Morgan fingerprint density at radius 2 is 2.40 bits per heavy atom. The summed E-state index contributed by atoms with van der Waals surface area (Å²) in [5.74, 6) is -0.971. The first-order valence-electron chi connectivity index (χ1n) is 4.19. The Labute approximate surface area is 94.2 Å². The fraction of sp³-hybridized carbons (Fsp3) is 0.111. The van der Waals surface area contributed by atoms with Gasteiger partial charge in [-0.25, -0.2) is 9.78 Å². The Morgan fingerprint density at radius 3 is 3.00 bits per heavy atom. The SMILES string of the molecule is O=C(O)c1nc(CNc2ccsc2)cs1. The lowest BCUT2D eigenvalue weighted by Gasteiger charge is -1.99. The van der Waals surface area contributed by atoms with Gasteiger partial charge in [-0.3, -0.25) is 0 Å². The molecular weight excluding hydrogens is 232 g/mol. The van der Waals surface area contributed by atoms with Crippen molar-refractivity contribution in [3.8, 4) is 0 Å². The van der Waals surface area contributed by atoms with Crippen molar-refractivity contribution in [2.75, 3.05) is 5.32 Å². The molecule has 2 heterocycles. The monoisotopic (exact) mass is 240 g/mol. The number of hydrogen-bond acceptors (Lipinski definition) is 5. The zero-order valence-corrected chi connectivity index (χ0v) is 9.27. The summed E-state index contributed by atoms with van der Waals surface area (Å²) in [6.45, 7) is 0.556. The van der Waals surface area contributed by atoms with Gasteiger partial charge in [0.1, 0.15) is 0 Å². The van der Waals surface area contributed by atoms with E-state index in [0.717, 1.165) is 22.7 Å². The van der Waals surface area contributed by atoms with Crippen molar-refractivity contribution < 1.29 is 9.90 Å². The Balaban J connectivity index is 1.96. The van der Waals surface area contributed by atoms with Crippen LogP contribution in [0.4, 0.5) is 5.69 Å². The van der Waals surface area contributed by atoms with Crippen LogP contribution in [-0.4, -0.2) is 16.1 Å². The van der Waals surface area contributed by atoms with Crippen LogP contribution < -0.4 is 5.32 Å². The number of aromatic carboxylic acids is 1. The zero-order chi connectivity index (χ0) is 10.7. The minimum Gasteiger partial charge on any atom is -0.476 e. The number of aromatic nitrogens is 1. The van der Waals surface area contributed by atoms with E-state index < -0.39 is 5.97 Å². The first kappa shape index (κ1) is 10.1. The minimum absolute atomic E-state index is 0.136. The van der Waals surface area contributed by atoms with Crippen LogP contribution in [0, 0.1) is 0 Å². The van der Waals surface area contributed by atoms with Gasteiger partial charge in [0.15, 0.2) is 0 Å². The maximum atomic E-state index is 10.6. The molecule has 0 saturated carbocycles. The first-order chi connectivity index (χ1) is 7.25. The molecule has 15 heavy (non-hydrogen) atoms. The van der Waals surface area contributed by atoms with Gasteiger partial charge in [-0.15, -0.1) is 11.3 Å². The van der Waals surface area contributed by atoms with E-state index in [-0.39, 0.29) is 5.01 Å². The number of thiazole rings is 1. The molecular formula is C9H8N2O2S2. The molecule has 2 aromatic heterocycles. The lowest BCUT2D eigenvalue weighted by molar-refractivity contribution is 0.0696. The van der Waals surface area contributed by atoms with Gasteiger partial charge in [0.25, 0.3) is 0 Å². The second kappa shape index (κ2) is 4.41. The highest BCUT2D eigenvalue weighted by Gasteiger charge is 2.08. The van der Waals surface area contributed by atoms with Gasteiger partial charge < -0.3 is 10.4 Å². The second-order valence-corrected chi connectivity index (χ2v) is 4.45. The normalized spacial score (nSPS) is 10.1. The molecule has 0 spiro atoms. The van der Waals surface area contributed by atoms with Gasteiger partial charge in [0, 0.05) is 16.4 Å². The average molecular weight is 240 g/mol. The van der Waals surface area contributed by atoms with Crippen LogP contribution in [0.15, 0.2) is 22.2 Å². The number of thiophene rings is 1. The van der Waals surface area contributed by atoms with E-state index in [2.05, 4.69) is 10.3 Å². The number of hydrogen-bond donors (Lipinski definition) is 2. The molecule has 0 fully saturated rings. The van der Waals surface area contributed by atoms with Crippen molar-refractivity contribution >= 4 is 34.3 Å². The lowest BCUT2D eigenvalue weighted by Crippen LogP contribution is -2.00. The highest BCUT2D eigenvalue weighted by atomic mass is 32.1. The number of nitrogens with one attached hydrogen (secondary N) is 1. The Bertz CT molecular complexity index is 450. The predicted octanol–water partition coefficient (Wildman–Crippen LogP) is 2.51. The second-order valence-electron chi connectivity index (χ2n) is 2.81. The van der Waals surface area contributed by atoms with Gasteiger partial charge in [-0.05, 0) is 11.4 Å². The molecule has 0 amide bonds. The Morgan fingerprint density at radius 1 is 1.53 bits per heavy atom. The lowest BCUT2D eigenvalue weighted by atomic mass is 10.4. The number of anilines is 1. The topological polar surface area (TPSA) is 62.2 Å². The van der Waals surface area contributed by atoms with Gasteiger partial charge in [-0.2, -0.15) is 11.3 Å². The summed E-state index contributed by atoms with van der Waals surface area (Å²) in [7, 11) is 0. The molecule has 0 unspecified atom stereocenters. The summed E-state index contributed by atoms with van der Waals surface area (Å²) < 4.78 is 0. The number of rotatable bonds is 4. The van der Waals surface area contributed by atoms with E-state index in [0.29, 0.717) is 6.54 Å². The van der Waals surface area contributed by atoms with Crippen LogP contribution in [0.25, 0.3) is 0 Å². The molecule has 0 aliphatic rings. The van der Waals surface area contributed by atoms with Gasteiger partial charge >= 0.3 is 5.97 Å². The van der Waals surface area contributed by atoms with Crippen molar-refractivity contribution in [2.24, 2.45) is 0 Å². The van der Waals surface area contributed by atoms with Crippen molar-refractivity contribution in [1.82, 2.24) is 4.98 Å². The summed E-state index contributed by atoms with van der Waals surface area (Å²) in [4.78, 5) is 14.5. The number of nitrogens with zero attached hydrogens (tertiary/aromatic N) is 1. The summed E-state index contributed by atoms with van der Waals surface area (Å²) in [5, 5.41) is 17.7. The van der Waals surface area contributed by atoms with Gasteiger partial charge in [-0.1, -0.05) is 0 Å². The minimum atomic E-state index is -0.971. The molecule has 0 radical (unpaired) electrons. The molecule has 0 aliphatic carbocycles. The van der Waals surface area contributed by atoms with Gasteiger partial charge in [0.2, 0.25) is 5.01 Å². The summed E-state index contributed by atoms with van der Waals surface area (Å²) in [5.41, 5.74) is 1.79. The number of carboxylic acids is 1. The molecule has 2 aromatic rings. The van der Waals surface area contributed by atoms with Crippen molar-refractivity contribution in [1.29, 1.82) is 0 Å². The quantitative estimate of drug-likeness (QED) is 0.862. The number of carbonyl (C=O) groups is 1. The van der Waals surface area contributed by atoms with Crippen LogP contribution in [0.5, 0.6) is 0 Å². The van der Waals surface area contributed by atoms with Crippen molar-refractivity contribution in [3.63, 3.8) is 0 Å². The van der Waals surface area contributed by atoms with E-state index in [1.54, 1.807) is 16.7 Å². The van der Waals surface area contributed by atoms with Crippen LogP contribution in [0.2, 0.25) is 0 Å². The fourth-order valence-electron chi connectivity index (χ4n) is 1.04. The van der Waals surface area contributed by atoms with Crippen molar-refractivity contribution in [3.05, 3.63) is 32.9 Å². The average Bonchev–Trinajstić information content (AvgIpc) is 2.86. The standard InChI is InChI=1S/C9H8N2O2S2/c12-9(13)8-11-7(5-15-8)3-10-6-1-2-14-4-6/h1-2,4-5,10H,3H2,(H,12,13). The van der Waals surface area contributed by atoms with E-state index >= 15 is 0 Å². The highest BCUT2D eigenvalue weighted by molar-refractivity contribution is 7.11. The smallest absolute Gasteiger partial charge is 0.365 e. The molecule has 78 valence electrons. The fourth-order valence-corrected chi connectivity index (χ4v) is 2.31. The van der Waals surface area contributed by atoms with Crippen LogP contribution in [0.1, 0.15) is 15.5 Å². The maximum absolute atomic E-state index is 10.6. The molecule has 0 bridgehead atoms. The summed E-state index contributed by atoms with van der Waals surface area (Å²) >= 11 is 2.76. The van der Waals surface area contributed by atoms with E-state index in [1.807, 2.05) is 16.8 Å². The van der Waals surface area contributed by atoms with E-state index in [4.69, 9.17) is 5.11 Å². The highest BCUT2D eigenvalue weighted by Crippen LogP contribution is 2.14. The predicted molar refractivity (Wildman–Crippen MR) is 60.7 cm³/mol. The molecule has 0 aromatic carbocycles. The molecule has 0 aliphatic heterocycles. The number of carboxylic acid groups (broad SMARTS) is 1. The molecule has 4 nitrogen and oxygen atoms in total. The van der Waals surface area contributed by atoms with E-state index in [9.17, 15) is 4.79 Å². The summed E-state index contributed by atoms with van der Waals surface area (Å²) in [6, 6.07) is 1.97. The maximum Gasteiger partial charge on any atom is 0.365 e. The first-order valence-corrected chi connectivity index (χ1v) is 6.02. The van der Waals surface area contributed by atoms with E-state index in [1.165, 1.54) is 0 Å². The third-order valence-corrected chi connectivity index (χ3v) is 3.29. The third-order valence-electron chi connectivity index (χ3n) is 1.73. The molecule has 6 heteroatoms. The zero-order valence-electron chi connectivity index (χ0n) is 7.64. The third kappa shape index (κ3) is 2.54. The Kier molecular flexibility index (Phi) is 2.98. The molecule has 0 saturated heterocycles. The molecule has 2 rings (SSSR count). The van der Waals surface area contributed by atoms with Crippen molar-refractivity contribution in [2.45, 2.75) is 6.54 Å². The Hall–Kier alpha value is -1.40.